The van der Waals surface area contributed by atoms with E-state index < -0.39 is 5.82 Å². The van der Waals surface area contributed by atoms with Crippen LogP contribution < -0.4 is 0 Å². The summed E-state index contributed by atoms with van der Waals surface area (Å²) in [5.41, 5.74) is 1.73. The minimum Gasteiger partial charge on any atom is -0.288 e. The Hall–Kier alpha value is -1.48. The normalized spacial score (nSPS) is 10.5. The third kappa shape index (κ3) is 3.10. The number of carbonyl (C=O) groups is 1. The van der Waals surface area contributed by atoms with Gasteiger partial charge in [0.1, 0.15) is 5.82 Å². The molecule has 2 aromatic rings. The summed E-state index contributed by atoms with van der Waals surface area (Å²) in [5.74, 6) is -0.787. The van der Waals surface area contributed by atoms with Gasteiger partial charge in [-0.2, -0.15) is 0 Å². The highest BCUT2D eigenvalue weighted by atomic mass is 79.9. The van der Waals surface area contributed by atoms with Crippen molar-refractivity contribution < 1.29 is 9.18 Å². The first-order chi connectivity index (χ1) is 9.13. The Kier molecular flexibility index (Phi) is 4.48. The SMILES string of the molecule is CCCc1cccc(C(=O)c2cccc(Br)c2F)c1. The second-order valence-electron chi connectivity index (χ2n) is 4.38. The highest BCUT2D eigenvalue weighted by Gasteiger charge is 2.15. The van der Waals surface area contributed by atoms with Crippen LogP contribution in [0.25, 0.3) is 0 Å². The predicted molar refractivity (Wildman–Crippen MR) is 78.0 cm³/mol. The maximum Gasteiger partial charge on any atom is 0.196 e. The molecule has 0 bridgehead atoms. The number of hydrogen-bond donors (Lipinski definition) is 0. The van der Waals surface area contributed by atoms with Crippen LogP contribution in [0.15, 0.2) is 46.9 Å². The number of carbonyl (C=O) groups excluding carboxylic acids is 1. The van der Waals surface area contributed by atoms with E-state index in [1.807, 2.05) is 18.2 Å². The minimum atomic E-state index is -0.506. The molecule has 0 saturated carbocycles. The van der Waals surface area contributed by atoms with Crippen molar-refractivity contribution in [1.29, 1.82) is 0 Å². The standard InChI is InChI=1S/C16H14BrFO/c1-2-5-11-6-3-7-12(10-11)16(19)13-8-4-9-14(17)15(13)18/h3-4,6-10H,2,5H2,1H3. The molecule has 2 aromatic carbocycles. The van der Waals surface area contributed by atoms with Gasteiger partial charge in [0.15, 0.2) is 5.78 Å². The minimum absolute atomic E-state index is 0.100. The van der Waals surface area contributed by atoms with E-state index in [4.69, 9.17) is 0 Å². The molecule has 0 amide bonds. The molecule has 0 saturated heterocycles. The van der Waals surface area contributed by atoms with Crippen molar-refractivity contribution in [3.05, 3.63) is 69.4 Å². The van der Waals surface area contributed by atoms with E-state index in [9.17, 15) is 9.18 Å². The molecular weight excluding hydrogens is 307 g/mol. The molecule has 0 spiro atoms. The van der Waals surface area contributed by atoms with Crippen LogP contribution in [0, 0.1) is 5.82 Å². The number of benzene rings is 2. The van der Waals surface area contributed by atoms with Gasteiger partial charge in [0.05, 0.1) is 10.0 Å². The molecule has 0 N–H and O–H groups in total. The molecule has 0 aliphatic rings. The second-order valence-corrected chi connectivity index (χ2v) is 5.24. The fourth-order valence-electron chi connectivity index (χ4n) is 1.99. The van der Waals surface area contributed by atoms with Crippen LogP contribution >= 0.6 is 15.9 Å². The number of halogens is 2. The Balaban J connectivity index is 2.38. The molecule has 0 aliphatic carbocycles. The molecule has 2 rings (SSSR count). The maximum atomic E-state index is 13.9. The van der Waals surface area contributed by atoms with Crippen LogP contribution in [-0.2, 0) is 6.42 Å². The average molecular weight is 321 g/mol. The van der Waals surface area contributed by atoms with Crippen molar-refractivity contribution in [2.45, 2.75) is 19.8 Å². The first kappa shape index (κ1) is 13.9. The highest BCUT2D eigenvalue weighted by molar-refractivity contribution is 9.10. The van der Waals surface area contributed by atoms with Crippen molar-refractivity contribution >= 4 is 21.7 Å². The van der Waals surface area contributed by atoms with E-state index in [0.29, 0.717) is 10.0 Å². The summed E-state index contributed by atoms with van der Waals surface area (Å²) in [5, 5.41) is 0. The van der Waals surface area contributed by atoms with Gasteiger partial charge in [-0.05, 0) is 46.1 Å². The summed E-state index contributed by atoms with van der Waals surface area (Å²) in [7, 11) is 0. The van der Waals surface area contributed by atoms with E-state index in [0.717, 1.165) is 18.4 Å². The lowest BCUT2D eigenvalue weighted by molar-refractivity contribution is 0.103. The van der Waals surface area contributed by atoms with Gasteiger partial charge in [-0.25, -0.2) is 4.39 Å². The molecule has 0 radical (unpaired) electrons. The summed E-state index contributed by atoms with van der Waals surface area (Å²) in [6.45, 7) is 2.09. The smallest absolute Gasteiger partial charge is 0.196 e. The summed E-state index contributed by atoms with van der Waals surface area (Å²) < 4.78 is 14.2. The molecule has 0 unspecified atom stereocenters. The zero-order chi connectivity index (χ0) is 13.8. The lowest BCUT2D eigenvalue weighted by atomic mass is 9.99. The molecule has 0 aromatic heterocycles. The Morgan fingerprint density at radius 1 is 1.21 bits per heavy atom. The van der Waals surface area contributed by atoms with Crippen molar-refractivity contribution in [1.82, 2.24) is 0 Å². The average Bonchev–Trinajstić information content (AvgIpc) is 2.42. The first-order valence-electron chi connectivity index (χ1n) is 6.21. The van der Waals surface area contributed by atoms with E-state index in [1.54, 1.807) is 18.2 Å². The zero-order valence-electron chi connectivity index (χ0n) is 10.6. The summed E-state index contributed by atoms with van der Waals surface area (Å²) in [6.07, 6.45) is 1.94. The van der Waals surface area contributed by atoms with Crippen molar-refractivity contribution in [3.8, 4) is 0 Å². The van der Waals surface area contributed by atoms with Crippen LogP contribution in [-0.4, -0.2) is 5.78 Å². The van der Waals surface area contributed by atoms with E-state index in [-0.39, 0.29) is 11.3 Å². The third-order valence-electron chi connectivity index (χ3n) is 2.92. The number of ketones is 1. The van der Waals surface area contributed by atoms with Gasteiger partial charge in [-0.15, -0.1) is 0 Å². The first-order valence-corrected chi connectivity index (χ1v) is 7.00. The molecule has 0 heterocycles. The number of rotatable bonds is 4. The fourth-order valence-corrected chi connectivity index (χ4v) is 2.36. The molecule has 0 fully saturated rings. The van der Waals surface area contributed by atoms with Crippen molar-refractivity contribution in [3.63, 3.8) is 0 Å². The van der Waals surface area contributed by atoms with E-state index >= 15 is 0 Å². The molecular formula is C16H14BrFO. The molecule has 1 nitrogen and oxygen atoms in total. The van der Waals surface area contributed by atoms with Crippen molar-refractivity contribution in [2.75, 3.05) is 0 Å². The van der Waals surface area contributed by atoms with Crippen LogP contribution in [0.4, 0.5) is 4.39 Å². The van der Waals surface area contributed by atoms with E-state index in [1.165, 1.54) is 6.07 Å². The number of hydrogen-bond acceptors (Lipinski definition) is 1. The van der Waals surface area contributed by atoms with E-state index in [2.05, 4.69) is 22.9 Å². The van der Waals surface area contributed by atoms with Crippen molar-refractivity contribution in [2.24, 2.45) is 0 Å². The Labute approximate surface area is 120 Å². The third-order valence-corrected chi connectivity index (χ3v) is 3.54. The fraction of sp³-hybridized carbons (Fsp3) is 0.188. The molecule has 0 aliphatic heterocycles. The molecule has 0 atom stereocenters. The lowest BCUT2D eigenvalue weighted by Gasteiger charge is -2.06. The van der Waals surface area contributed by atoms with Gasteiger partial charge in [0, 0.05) is 5.56 Å². The van der Waals surface area contributed by atoms with Gasteiger partial charge >= 0.3 is 0 Å². The Bertz CT molecular complexity index is 607. The summed E-state index contributed by atoms with van der Waals surface area (Å²) in [6, 6.07) is 12.1. The quantitative estimate of drug-likeness (QED) is 0.741. The maximum absolute atomic E-state index is 13.9. The predicted octanol–water partition coefficient (Wildman–Crippen LogP) is 4.77. The van der Waals surface area contributed by atoms with Crippen LogP contribution in [0.1, 0.15) is 34.8 Å². The zero-order valence-corrected chi connectivity index (χ0v) is 12.2. The topological polar surface area (TPSA) is 17.1 Å². The van der Waals surface area contributed by atoms with Gasteiger partial charge in [0.2, 0.25) is 0 Å². The number of aryl methyl sites for hydroxylation is 1. The highest BCUT2D eigenvalue weighted by Crippen LogP contribution is 2.21. The largest absolute Gasteiger partial charge is 0.288 e. The Morgan fingerprint density at radius 2 is 1.95 bits per heavy atom. The monoisotopic (exact) mass is 320 g/mol. The van der Waals surface area contributed by atoms with Gasteiger partial charge in [0.25, 0.3) is 0 Å². The molecule has 19 heavy (non-hydrogen) atoms. The lowest BCUT2D eigenvalue weighted by Crippen LogP contribution is -2.05. The van der Waals surface area contributed by atoms with Crippen LogP contribution in [0.3, 0.4) is 0 Å². The summed E-state index contributed by atoms with van der Waals surface area (Å²) >= 11 is 3.10. The van der Waals surface area contributed by atoms with Crippen LogP contribution in [0.2, 0.25) is 0 Å². The Morgan fingerprint density at radius 3 is 2.68 bits per heavy atom. The van der Waals surface area contributed by atoms with Gasteiger partial charge in [-0.3, -0.25) is 4.79 Å². The summed E-state index contributed by atoms with van der Waals surface area (Å²) in [4.78, 5) is 12.3. The molecule has 98 valence electrons. The van der Waals surface area contributed by atoms with Crippen LogP contribution in [0.5, 0.6) is 0 Å². The second kappa shape index (κ2) is 6.11. The molecule has 3 heteroatoms. The van der Waals surface area contributed by atoms with Gasteiger partial charge < -0.3 is 0 Å². The van der Waals surface area contributed by atoms with Gasteiger partial charge in [-0.1, -0.05) is 37.6 Å².